The molecule has 0 unspecified atom stereocenters. The molecular formula is C10H18O3. The normalized spacial score (nSPS) is 12.7. The van der Waals surface area contributed by atoms with Crippen LogP contribution in [0.1, 0.15) is 34.1 Å². The molecule has 0 spiro atoms. The number of ketones is 1. The number of Topliss-reactive ketones (excluding diaryl/α,β-unsaturated/α-hetero) is 1. The van der Waals surface area contributed by atoms with Crippen molar-refractivity contribution in [1.82, 2.24) is 0 Å². The van der Waals surface area contributed by atoms with E-state index < -0.39 is 5.97 Å². The van der Waals surface area contributed by atoms with Gasteiger partial charge < -0.3 is 4.74 Å². The van der Waals surface area contributed by atoms with Crippen LogP contribution >= 0.6 is 0 Å². The molecule has 0 radical (unpaired) electrons. The first-order valence-electron chi connectivity index (χ1n) is 4.65. The summed E-state index contributed by atoms with van der Waals surface area (Å²) in [7, 11) is 0. The fourth-order valence-corrected chi connectivity index (χ4v) is 1.35. The van der Waals surface area contributed by atoms with Crippen molar-refractivity contribution in [2.45, 2.75) is 34.1 Å². The molecule has 0 fully saturated rings. The minimum atomic E-state index is -0.396. The van der Waals surface area contributed by atoms with Gasteiger partial charge in [-0.15, -0.1) is 0 Å². The number of rotatable bonds is 5. The van der Waals surface area contributed by atoms with Crippen molar-refractivity contribution in [3.05, 3.63) is 0 Å². The van der Waals surface area contributed by atoms with Crippen LogP contribution in [0.2, 0.25) is 0 Å². The van der Waals surface area contributed by atoms with E-state index in [4.69, 9.17) is 0 Å². The summed E-state index contributed by atoms with van der Waals surface area (Å²) in [6.45, 7) is 7.20. The quantitative estimate of drug-likeness (QED) is 0.615. The fourth-order valence-electron chi connectivity index (χ4n) is 1.35. The molecule has 0 aromatic heterocycles. The van der Waals surface area contributed by atoms with Gasteiger partial charge in [0.25, 0.3) is 0 Å². The molecule has 0 saturated heterocycles. The average Bonchev–Trinajstić information content (AvgIpc) is 2.01. The van der Waals surface area contributed by atoms with Gasteiger partial charge in [0.2, 0.25) is 0 Å². The van der Waals surface area contributed by atoms with Crippen LogP contribution in [0.5, 0.6) is 0 Å². The summed E-state index contributed by atoms with van der Waals surface area (Å²) in [5.74, 6) is -0.0490. The van der Waals surface area contributed by atoms with E-state index in [0.29, 0.717) is 5.92 Å². The van der Waals surface area contributed by atoms with Crippen molar-refractivity contribution in [2.75, 3.05) is 6.61 Å². The molecule has 0 aromatic rings. The van der Waals surface area contributed by atoms with E-state index >= 15 is 0 Å². The number of ether oxygens (including phenoxy) is 1. The lowest BCUT2D eigenvalue weighted by Gasteiger charge is -2.16. The minimum Gasteiger partial charge on any atom is -0.458 e. The van der Waals surface area contributed by atoms with Crippen LogP contribution in [0.3, 0.4) is 0 Å². The van der Waals surface area contributed by atoms with Crippen molar-refractivity contribution < 1.29 is 14.3 Å². The Morgan fingerprint density at radius 2 is 1.85 bits per heavy atom. The second kappa shape index (κ2) is 5.73. The monoisotopic (exact) mass is 186 g/mol. The van der Waals surface area contributed by atoms with Gasteiger partial charge in [0.1, 0.15) is 6.61 Å². The third-order valence-electron chi connectivity index (χ3n) is 2.08. The van der Waals surface area contributed by atoms with E-state index in [1.807, 2.05) is 20.8 Å². The minimum absolute atomic E-state index is 0.0133. The standard InChI is InChI=1S/C10H18O3/c1-5-9(7(2)3)10(12)6-13-8(4)11/h7,9H,5-6H2,1-4H3/t9-/m1/s1. The SMILES string of the molecule is CC[C@@H](C(=O)COC(C)=O)C(C)C. The predicted octanol–water partition coefficient (Wildman–Crippen LogP) is 1.80. The highest BCUT2D eigenvalue weighted by Gasteiger charge is 2.20. The maximum absolute atomic E-state index is 11.4. The van der Waals surface area contributed by atoms with Crippen molar-refractivity contribution in [2.24, 2.45) is 11.8 Å². The highest BCUT2D eigenvalue weighted by molar-refractivity contribution is 5.84. The lowest BCUT2D eigenvalue weighted by Crippen LogP contribution is -2.24. The Bertz CT molecular complexity index is 185. The topological polar surface area (TPSA) is 43.4 Å². The first-order chi connectivity index (χ1) is 5.99. The maximum atomic E-state index is 11.4. The molecule has 13 heavy (non-hydrogen) atoms. The van der Waals surface area contributed by atoms with Gasteiger partial charge in [0.05, 0.1) is 0 Å². The summed E-state index contributed by atoms with van der Waals surface area (Å²) >= 11 is 0. The van der Waals surface area contributed by atoms with E-state index in [-0.39, 0.29) is 18.3 Å². The maximum Gasteiger partial charge on any atom is 0.303 e. The molecule has 0 aliphatic carbocycles. The second-order valence-electron chi connectivity index (χ2n) is 3.51. The first-order valence-corrected chi connectivity index (χ1v) is 4.65. The Kier molecular flexibility index (Phi) is 5.35. The Morgan fingerprint density at radius 3 is 2.15 bits per heavy atom. The third-order valence-corrected chi connectivity index (χ3v) is 2.08. The second-order valence-corrected chi connectivity index (χ2v) is 3.51. The van der Waals surface area contributed by atoms with Gasteiger partial charge in [-0.3, -0.25) is 9.59 Å². The molecule has 0 N–H and O–H groups in total. The van der Waals surface area contributed by atoms with Crippen LogP contribution in [-0.4, -0.2) is 18.4 Å². The Hall–Kier alpha value is -0.860. The summed E-state index contributed by atoms with van der Waals surface area (Å²) in [6.07, 6.45) is 0.803. The molecule has 0 bridgehead atoms. The highest BCUT2D eigenvalue weighted by atomic mass is 16.5. The summed E-state index contributed by atoms with van der Waals surface area (Å²) in [5.41, 5.74) is 0. The fraction of sp³-hybridized carbons (Fsp3) is 0.800. The van der Waals surface area contributed by atoms with Crippen LogP contribution in [0.25, 0.3) is 0 Å². The molecule has 0 aliphatic heterocycles. The van der Waals surface area contributed by atoms with Gasteiger partial charge in [-0.1, -0.05) is 20.8 Å². The first kappa shape index (κ1) is 12.1. The summed E-state index contributed by atoms with van der Waals surface area (Å²) in [5, 5.41) is 0. The van der Waals surface area contributed by atoms with Gasteiger partial charge in [0.15, 0.2) is 5.78 Å². The Balaban J connectivity index is 3.99. The highest BCUT2D eigenvalue weighted by Crippen LogP contribution is 2.15. The zero-order valence-electron chi connectivity index (χ0n) is 8.79. The number of carbonyl (C=O) groups is 2. The number of hydrogen-bond donors (Lipinski definition) is 0. The van der Waals surface area contributed by atoms with Crippen molar-refractivity contribution in [1.29, 1.82) is 0 Å². The van der Waals surface area contributed by atoms with Crippen LogP contribution in [-0.2, 0) is 14.3 Å². The number of carbonyl (C=O) groups excluding carboxylic acids is 2. The van der Waals surface area contributed by atoms with Gasteiger partial charge >= 0.3 is 5.97 Å². The third kappa shape index (κ3) is 4.65. The summed E-state index contributed by atoms with van der Waals surface area (Å²) in [6, 6.07) is 0. The van der Waals surface area contributed by atoms with Gasteiger partial charge in [-0.2, -0.15) is 0 Å². The molecule has 0 amide bonds. The molecule has 0 heterocycles. The Labute approximate surface area is 79.5 Å². The predicted molar refractivity (Wildman–Crippen MR) is 50.3 cm³/mol. The summed E-state index contributed by atoms with van der Waals surface area (Å²) < 4.78 is 4.65. The molecule has 0 saturated carbocycles. The van der Waals surface area contributed by atoms with Crippen molar-refractivity contribution >= 4 is 11.8 Å². The molecule has 3 heteroatoms. The molecular weight excluding hydrogens is 168 g/mol. The van der Waals surface area contributed by atoms with Crippen LogP contribution in [0, 0.1) is 11.8 Å². The van der Waals surface area contributed by atoms with E-state index in [0.717, 1.165) is 6.42 Å². The summed E-state index contributed by atoms with van der Waals surface area (Å²) in [4.78, 5) is 21.9. The smallest absolute Gasteiger partial charge is 0.303 e. The largest absolute Gasteiger partial charge is 0.458 e. The molecule has 0 aromatic carbocycles. The Morgan fingerprint density at radius 1 is 1.31 bits per heavy atom. The molecule has 1 atom stereocenters. The molecule has 0 rings (SSSR count). The van der Waals surface area contributed by atoms with Gasteiger partial charge in [0, 0.05) is 12.8 Å². The lowest BCUT2D eigenvalue weighted by atomic mass is 9.89. The molecule has 3 nitrogen and oxygen atoms in total. The number of hydrogen-bond acceptors (Lipinski definition) is 3. The molecule has 76 valence electrons. The number of esters is 1. The van der Waals surface area contributed by atoms with Gasteiger partial charge in [-0.05, 0) is 12.3 Å². The van der Waals surface area contributed by atoms with Gasteiger partial charge in [-0.25, -0.2) is 0 Å². The average molecular weight is 186 g/mol. The van der Waals surface area contributed by atoms with Crippen LogP contribution < -0.4 is 0 Å². The zero-order valence-corrected chi connectivity index (χ0v) is 8.79. The molecule has 0 aliphatic rings. The lowest BCUT2D eigenvalue weighted by molar-refractivity contribution is -0.147. The van der Waals surface area contributed by atoms with Crippen LogP contribution in [0.4, 0.5) is 0 Å². The van der Waals surface area contributed by atoms with Crippen molar-refractivity contribution in [3.63, 3.8) is 0 Å². The van der Waals surface area contributed by atoms with E-state index in [9.17, 15) is 9.59 Å². The van der Waals surface area contributed by atoms with Crippen molar-refractivity contribution in [3.8, 4) is 0 Å². The zero-order chi connectivity index (χ0) is 10.4. The van der Waals surface area contributed by atoms with E-state index in [1.165, 1.54) is 6.92 Å². The van der Waals surface area contributed by atoms with Crippen LogP contribution in [0.15, 0.2) is 0 Å². The van der Waals surface area contributed by atoms with E-state index in [1.54, 1.807) is 0 Å². The van der Waals surface area contributed by atoms with E-state index in [2.05, 4.69) is 4.74 Å².